The SMILES string of the molecule is C#CCO[C@@]1(C)C[C@@H](C)C(=O)[C@@](C)(F)C(=O)O[C@@H](CC)[C@@]2(C)OC(=O)[C@@H]3NC[C@@](C)(C(=O)[C@H](C)C1)C32. The molecule has 1 unspecified atom stereocenters. The molecule has 0 aromatic rings. The van der Waals surface area contributed by atoms with E-state index in [1.54, 1.807) is 34.6 Å². The van der Waals surface area contributed by atoms with E-state index >= 15 is 4.39 Å². The molecule has 0 saturated carbocycles. The summed E-state index contributed by atoms with van der Waals surface area (Å²) in [5.41, 5.74) is -6.42. The van der Waals surface area contributed by atoms with Gasteiger partial charge in [-0.25, -0.2) is 9.18 Å². The minimum absolute atomic E-state index is 0.0511. The number of carbonyl (C=O) groups excluding carboxylic acids is 4. The van der Waals surface area contributed by atoms with Crippen molar-refractivity contribution in [3.05, 3.63) is 0 Å². The first-order valence-corrected chi connectivity index (χ1v) is 12.6. The van der Waals surface area contributed by atoms with E-state index in [9.17, 15) is 19.2 Å². The summed E-state index contributed by atoms with van der Waals surface area (Å²) in [6.45, 7) is 11.2. The van der Waals surface area contributed by atoms with Gasteiger partial charge in [-0.3, -0.25) is 14.4 Å². The molecule has 3 aliphatic heterocycles. The molecule has 0 amide bonds. The second-order valence-electron chi connectivity index (χ2n) is 11.5. The van der Waals surface area contributed by atoms with Crippen LogP contribution in [0.1, 0.15) is 67.7 Å². The summed E-state index contributed by atoms with van der Waals surface area (Å²) < 4.78 is 33.0. The number of ketones is 2. The second kappa shape index (κ2) is 9.53. The first-order chi connectivity index (χ1) is 16.6. The summed E-state index contributed by atoms with van der Waals surface area (Å²) in [6.07, 6.45) is 4.80. The van der Waals surface area contributed by atoms with Crippen LogP contribution in [0, 0.1) is 35.5 Å². The van der Waals surface area contributed by atoms with Crippen LogP contribution in [0.4, 0.5) is 4.39 Å². The molecule has 3 saturated heterocycles. The highest BCUT2D eigenvalue weighted by Gasteiger charge is 2.69. The Morgan fingerprint density at radius 3 is 2.22 bits per heavy atom. The fourth-order valence-corrected chi connectivity index (χ4v) is 6.82. The van der Waals surface area contributed by atoms with Gasteiger partial charge in [0.25, 0.3) is 5.67 Å². The van der Waals surface area contributed by atoms with E-state index in [-0.39, 0.29) is 38.2 Å². The molecule has 200 valence electrons. The predicted molar refractivity (Wildman–Crippen MR) is 128 cm³/mol. The second-order valence-corrected chi connectivity index (χ2v) is 11.5. The summed E-state index contributed by atoms with van der Waals surface area (Å²) in [5.74, 6) is -2.69. The van der Waals surface area contributed by atoms with Crippen molar-refractivity contribution in [1.29, 1.82) is 0 Å². The van der Waals surface area contributed by atoms with Crippen molar-refractivity contribution in [2.75, 3.05) is 13.2 Å². The van der Waals surface area contributed by atoms with Crippen molar-refractivity contribution in [1.82, 2.24) is 5.32 Å². The number of alkyl halides is 1. The number of hydrogen-bond acceptors (Lipinski definition) is 8. The van der Waals surface area contributed by atoms with E-state index in [1.807, 2.05) is 0 Å². The minimum Gasteiger partial charge on any atom is -0.455 e. The van der Waals surface area contributed by atoms with Gasteiger partial charge in [0.05, 0.1) is 5.60 Å². The largest absolute Gasteiger partial charge is 0.455 e. The zero-order valence-electron chi connectivity index (χ0n) is 22.2. The van der Waals surface area contributed by atoms with Gasteiger partial charge in [-0.2, -0.15) is 0 Å². The summed E-state index contributed by atoms with van der Waals surface area (Å²) in [6, 6.07) is -0.778. The monoisotopic (exact) mass is 507 g/mol. The molecule has 9 atom stereocenters. The van der Waals surface area contributed by atoms with Gasteiger partial charge in [0.1, 0.15) is 24.5 Å². The lowest BCUT2D eigenvalue weighted by Crippen LogP contribution is -2.57. The standard InChI is InChI=1S/C27H38FNO7/c1-9-11-34-24(5)12-15(3)20(30)25(6)14-29-18-19(25)27(8,36-22(18)32)17(10-2)35-23(33)26(7,28)21(31)16(4)13-24/h1,15-19,29H,10-14H2,2-8H3/t15-,16-,17+,18-,19?,24-,25-,26-,27-/m1/s1. The smallest absolute Gasteiger partial charge is 0.351 e. The summed E-state index contributed by atoms with van der Waals surface area (Å²) in [5, 5.41) is 3.13. The molecule has 3 fully saturated rings. The molecule has 3 rings (SSSR count). The Kier molecular flexibility index (Phi) is 7.48. The van der Waals surface area contributed by atoms with Gasteiger partial charge < -0.3 is 19.5 Å². The topological polar surface area (TPSA) is 108 Å². The van der Waals surface area contributed by atoms with Crippen molar-refractivity contribution in [2.45, 2.75) is 96.7 Å². The molecule has 3 heterocycles. The average Bonchev–Trinajstić information content (AvgIpc) is 3.30. The fourth-order valence-electron chi connectivity index (χ4n) is 6.82. The van der Waals surface area contributed by atoms with Crippen LogP contribution in [0.25, 0.3) is 0 Å². The molecule has 0 radical (unpaired) electrons. The van der Waals surface area contributed by atoms with Crippen molar-refractivity contribution in [3.8, 4) is 12.3 Å². The van der Waals surface area contributed by atoms with Gasteiger partial charge in [0.15, 0.2) is 11.4 Å². The molecule has 0 spiro atoms. The summed E-state index contributed by atoms with van der Waals surface area (Å²) >= 11 is 0. The molecule has 8 nitrogen and oxygen atoms in total. The Labute approximate surface area is 212 Å². The third-order valence-electron chi connectivity index (χ3n) is 8.44. The van der Waals surface area contributed by atoms with Crippen LogP contribution in [0.5, 0.6) is 0 Å². The van der Waals surface area contributed by atoms with E-state index in [4.69, 9.17) is 20.6 Å². The van der Waals surface area contributed by atoms with Crippen molar-refractivity contribution in [3.63, 3.8) is 0 Å². The van der Waals surface area contributed by atoms with Gasteiger partial charge >= 0.3 is 11.9 Å². The van der Waals surface area contributed by atoms with Crippen molar-refractivity contribution >= 4 is 23.5 Å². The maximum atomic E-state index is 15.7. The van der Waals surface area contributed by atoms with Crippen LogP contribution < -0.4 is 5.32 Å². The van der Waals surface area contributed by atoms with E-state index < -0.39 is 69.9 Å². The van der Waals surface area contributed by atoms with Crippen LogP contribution in [0.2, 0.25) is 0 Å². The lowest BCUT2D eigenvalue weighted by molar-refractivity contribution is -0.192. The van der Waals surface area contributed by atoms with Crippen LogP contribution in [-0.2, 0) is 33.4 Å². The molecule has 0 aliphatic carbocycles. The molecular weight excluding hydrogens is 469 g/mol. The number of nitrogens with one attached hydrogen (secondary N) is 1. The van der Waals surface area contributed by atoms with Gasteiger partial charge in [-0.15, -0.1) is 6.42 Å². The average molecular weight is 508 g/mol. The number of rotatable bonds is 3. The van der Waals surface area contributed by atoms with Gasteiger partial charge in [0.2, 0.25) is 0 Å². The van der Waals surface area contributed by atoms with E-state index in [1.165, 1.54) is 6.92 Å². The Morgan fingerprint density at radius 2 is 1.67 bits per heavy atom. The predicted octanol–water partition coefficient (Wildman–Crippen LogP) is 2.56. The quantitative estimate of drug-likeness (QED) is 0.353. The van der Waals surface area contributed by atoms with Crippen LogP contribution in [0.3, 0.4) is 0 Å². The molecule has 0 bridgehead atoms. The molecular formula is C27H38FNO7. The van der Waals surface area contributed by atoms with E-state index in [2.05, 4.69) is 11.2 Å². The maximum Gasteiger partial charge on any atom is 0.351 e. The van der Waals surface area contributed by atoms with Gasteiger partial charge in [-0.05, 0) is 40.0 Å². The molecule has 9 heteroatoms. The highest BCUT2D eigenvalue weighted by molar-refractivity contribution is 6.07. The number of cyclic esters (lactones) is 1. The molecule has 0 aromatic carbocycles. The highest BCUT2D eigenvalue weighted by Crippen LogP contribution is 2.53. The van der Waals surface area contributed by atoms with Gasteiger partial charge in [0, 0.05) is 29.7 Å². The molecule has 3 aliphatic rings. The highest BCUT2D eigenvalue weighted by atomic mass is 19.1. The molecule has 0 aromatic heterocycles. The number of carbonyl (C=O) groups is 4. The normalized spacial score (nSPS) is 45.9. The number of terminal acetylenes is 1. The van der Waals surface area contributed by atoms with E-state index in [0.29, 0.717) is 0 Å². The third-order valence-corrected chi connectivity index (χ3v) is 8.44. The minimum atomic E-state index is -2.93. The first-order valence-electron chi connectivity index (χ1n) is 12.6. The van der Waals surface area contributed by atoms with Crippen LogP contribution in [0.15, 0.2) is 0 Å². The number of hydrogen-bond donors (Lipinski definition) is 1. The summed E-state index contributed by atoms with van der Waals surface area (Å²) in [7, 11) is 0. The lowest BCUT2D eigenvalue weighted by Gasteiger charge is -2.44. The maximum absolute atomic E-state index is 15.7. The zero-order valence-corrected chi connectivity index (χ0v) is 22.2. The Hall–Kier alpha value is -2.31. The van der Waals surface area contributed by atoms with Crippen molar-refractivity contribution in [2.24, 2.45) is 23.2 Å². The zero-order chi connectivity index (χ0) is 27.3. The van der Waals surface area contributed by atoms with E-state index in [0.717, 1.165) is 6.92 Å². The van der Waals surface area contributed by atoms with Gasteiger partial charge in [-0.1, -0.05) is 33.6 Å². The number of ether oxygens (including phenoxy) is 3. The number of esters is 2. The number of halogens is 1. The fraction of sp³-hybridized carbons (Fsp3) is 0.778. The molecule has 1 N–H and O–H groups in total. The third kappa shape index (κ3) is 4.47. The summed E-state index contributed by atoms with van der Waals surface area (Å²) in [4.78, 5) is 53.1. The number of Topliss-reactive ketones (excluding diaryl/α,β-unsaturated/α-hetero) is 2. The Balaban J connectivity index is 2.15. The first kappa shape index (κ1) is 28.3. The Morgan fingerprint density at radius 1 is 1.08 bits per heavy atom. The van der Waals surface area contributed by atoms with Crippen LogP contribution in [-0.4, -0.2) is 65.7 Å². The lowest BCUT2D eigenvalue weighted by atomic mass is 9.62. The molecule has 36 heavy (non-hydrogen) atoms. The van der Waals surface area contributed by atoms with Crippen LogP contribution >= 0.6 is 0 Å². The van der Waals surface area contributed by atoms with Crippen molar-refractivity contribution < 1.29 is 37.8 Å². The Bertz CT molecular complexity index is 989.